The molecule has 0 aliphatic rings. The van der Waals surface area contributed by atoms with E-state index in [4.69, 9.17) is 0 Å². The highest BCUT2D eigenvalue weighted by atomic mass is 32.1. The lowest BCUT2D eigenvalue weighted by Crippen LogP contribution is -2.34. The number of hydrogen-bond donors (Lipinski definition) is 2. The zero-order valence-electron chi connectivity index (χ0n) is 12.4. The molecule has 2 N–H and O–H groups in total. The van der Waals surface area contributed by atoms with Crippen molar-refractivity contribution in [2.45, 2.75) is 45.3 Å². The molecule has 20 heavy (non-hydrogen) atoms. The second kappa shape index (κ2) is 5.93. The highest BCUT2D eigenvalue weighted by Crippen LogP contribution is 2.26. The summed E-state index contributed by atoms with van der Waals surface area (Å²) in [6, 6.07) is 3.93. The van der Waals surface area contributed by atoms with E-state index in [0.29, 0.717) is 13.1 Å². The summed E-state index contributed by atoms with van der Waals surface area (Å²) in [5, 5.41) is 18.9. The second-order valence-corrected chi connectivity index (χ2v) is 8.05. The van der Waals surface area contributed by atoms with Gasteiger partial charge >= 0.3 is 0 Å². The maximum absolute atomic E-state index is 10.4. The predicted octanol–water partition coefficient (Wildman–Crippen LogP) is 3.50. The molecule has 3 nitrogen and oxygen atoms in total. The van der Waals surface area contributed by atoms with Gasteiger partial charge in [-0.2, -0.15) is 0 Å². The molecule has 0 bridgehead atoms. The van der Waals surface area contributed by atoms with Crippen molar-refractivity contribution in [2.24, 2.45) is 0 Å². The maximum atomic E-state index is 10.4. The Morgan fingerprint density at radius 3 is 2.55 bits per heavy atom. The van der Waals surface area contributed by atoms with Gasteiger partial charge in [-0.1, -0.05) is 26.8 Å². The van der Waals surface area contributed by atoms with Crippen LogP contribution in [0.3, 0.4) is 0 Å². The number of aliphatic hydroxyl groups is 1. The number of nitrogens with one attached hydrogen (secondary N) is 1. The van der Waals surface area contributed by atoms with Gasteiger partial charge in [0.25, 0.3) is 0 Å². The van der Waals surface area contributed by atoms with Crippen LogP contribution >= 0.6 is 22.7 Å². The fourth-order valence-electron chi connectivity index (χ4n) is 1.84. The van der Waals surface area contributed by atoms with E-state index < -0.39 is 5.60 Å². The van der Waals surface area contributed by atoms with E-state index in [1.165, 1.54) is 0 Å². The lowest BCUT2D eigenvalue weighted by atomic mass is 9.98. The first-order valence-corrected chi connectivity index (χ1v) is 8.47. The number of hydrogen-bond acceptors (Lipinski definition) is 5. The standard InChI is InChI=1S/C15H22N2OS2/c1-14(2,3)13-17-11(9-20-13)8-16-10-15(4,18)12-6-5-7-19-12/h5-7,9,16,18H,8,10H2,1-4H3. The molecule has 0 saturated heterocycles. The summed E-state index contributed by atoms with van der Waals surface area (Å²) in [7, 11) is 0. The molecular weight excluding hydrogens is 288 g/mol. The Morgan fingerprint density at radius 2 is 2.00 bits per heavy atom. The average Bonchev–Trinajstić information content (AvgIpc) is 2.99. The lowest BCUT2D eigenvalue weighted by molar-refractivity contribution is 0.0604. The molecule has 1 unspecified atom stereocenters. The van der Waals surface area contributed by atoms with Crippen LogP contribution in [0.15, 0.2) is 22.9 Å². The van der Waals surface area contributed by atoms with Gasteiger partial charge in [0.1, 0.15) is 5.60 Å². The van der Waals surface area contributed by atoms with Crippen molar-refractivity contribution in [3.05, 3.63) is 38.5 Å². The topological polar surface area (TPSA) is 45.2 Å². The predicted molar refractivity (Wildman–Crippen MR) is 86.4 cm³/mol. The minimum Gasteiger partial charge on any atom is -0.383 e. The van der Waals surface area contributed by atoms with Crippen LogP contribution in [-0.4, -0.2) is 16.6 Å². The summed E-state index contributed by atoms with van der Waals surface area (Å²) in [6.07, 6.45) is 0. The Kier molecular flexibility index (Phi) is 4.64. The third kappa shape index (κ3) is 3.88. The number of nitrogens with zero attached hydrogens (tertiary/aromatic N) is 1. The minimum absolute atomic E-state index is 0.103. The van der Waals surface area contributed by atoms with Gasteiger partial charge in [-0.3, -0.25) is 0 Å². The molecule has 2 aromatic rings. The van der Waals surface area contributed by atoms with Gasteiger partial charge in [0.15, 0.2) is 0 Å². The summed E-state index contributed by atoms with van der Waals surface area (Å²) in [5.74, 6) is 0. The third-order valence-electron chi connectivity index (χ3n) is 3.02. The van der Waals surface area contributed by atoms with Gasteiger partial charge in [0.2, 0.25) is 0 Å². The molecule has 1 atom stereocenters. The normalized spacial score (nSPS) is 15.2. The van der Waals surface area contributed by atoms with E-state index in [9.17, 15) is 5.11 Å². The fraction of sp³-hybridized carbons (Fsp3) is 0.533. The van der Waals surface area contributed by atoms with Crippen LogP contribution < -0.4 is 5.32 Å². The summed E-state index contributed by atoms with van der Waals surface area (Å²) in [6.45, 7) is 9.57. The highest BCUT2D eigenvalue weighted by molar-refractivity contribution is 7.10. The third-order valence-corrected chi connectivity index (χ3v) is 5.46. The van der Waals surface area contributed by atoms with Crippen molar-refractivity contribution in [3.8, 4) is 0 Å². The first kappa shape index (κ1) is 15.6. The Morgan fingerprint density at radius 1 is 1.25 bits per heavy atom. The van der Waals surface area contributed by atoms with Crippen LogP contribution in [-0.2, 0) is 17.6 Å². The van der Waals surface area contributed by atoms with Gasteiger partial charge < -0.3 is 10.4 Å². The maximum Gasteiger partial charge on any atom is 0.108 e. The Balaban J connectivity index is 1.89. The number of thiazole rings is 1. The lowest BCUT2D eigenvalue weighted by Gasteiger charge is -2.22. The largest absolute Gasteiger partial charge is 0.383 e. The van der Waals surface area contributed by atoms with Gasteiger partial charge in [0.05, 0.1) is 10.7 Å². The summed E-state index contributed by atoms with van der Waals surface area (Å²) in [5.41, 5.74) is 0.324. The van der Waals surface area contributed by atoms with Gasteiger partial charge in [-0.25, -0.2) is 4.98 Å². The van der Waals surface area contributed by atoms with Crippen LogP contribution in [0.1, 0.15) is 43.3 Å². The minimum atomic E-state index is -0.822. The molecule has 0 fully saturated rings. The average molecular weight is 310 g/mol. The molecule has 0 aliphatic carbocycles. The molecule has 0 saturated carbocycles. The van der Waals surface area contributed by atoms with E-state index in [0.717, 1.165) is 15.6 Å². The molecule has 110 valence electrons. The zero-order chi connectivity index (χ0) is 14.8. The van der Waals surface area contributed by atoms with Crippen LogP contribution in [0.5, 0.6) is 0 Å². The van der Waals surface area contributed by atoms with Crippen molar-refractivity contribution < 1.29 is 5.11 Å². The molecule has 0 radical (unpaired) electrons. The van der Waals surface area contributed by atoms with Gasteiger partial charge in [-0.15, -0.1) is 22.7 Å². The summed E-state index contributed by atoms with van der Waals surface area (Å²) in [4.78, 5) is 5.63. The Labute approximate surface area is 128 Å². The van der Waals surface area contributed by atoms with Crippen molar-refractivity contribution in [3.63, 3.8) is 0 Å². The van der Waals surface area contributed by atoms with Crippen LogP contribution in [0, 0.1) is 0 Å². The smallest absolute Gasteiger partial charge is 0.108 e. The SMILES string of the molecule is CC(C)(C)c1nc(CNCC(C)(O)c2cccs2)cs1. The Bertz CT molecular complexity index is 538. The molecule has 2 aromatic heterocycles. The van der Waals surface area contributed by atoms with E-state index in [1.807, 2.05) is 24.4 Å². The quantitative estimate of drug-likeness (QED) is 0.888. The molecule has 2 heterocycles. The van der Waals surface area contributed by atoms with Crippen LogP contribution in [0.25, 0.3) is 0 Å². The highest BCUT2D eigenvalue weighted by Gasteiger charge is 2.24. The van der Waals surface area contributed by atoms with E-state index in [-0.39, 0.29) is 5.41 Å². The zero-order valence-corrected chi connectivity index (χ0v) is 14.1. The van der Waals surface area contributed by atoms with E-state index in [1.54, 1.807) is 22.7 Å². The van der Waals surface area contributed by atoms with Gasteiger partial charge in [0, 0.05) is 28.8 Å². The van der Waals surface area contributed by atoms with Crippen molar-refractivity contribution in [1.29, 1.82) is 0 Å². The fourth-order valence-corrected chi connectivity index (χ4v) is 3.53. The monoisotopic (exact) mass is 310 g/mol. The van der Waals surface area contributed by atoms with Crippen LogP contribution in [0.2, 0.25) is 0 Å². The molecule has 0 spiro atoms. The van der Waals surface area contributed by atoms with Crippen molar-refractivity contribution in [1.82, 2.24) is 10.3 Å². The molecule has 0 aromatic carbocycles. The summed E-state index contributed by atoms with van der Waals surface area (Å²) < 4.78 is 0. The molecule has 2 rings (SSSR count). The number of thiophene rings is 1. The molecule has 0 aliphatic heterocycles. The number of aromatic nitrogens is 1. The second-order valence-electron chi connectivity index (χ2n) is 6.25. The first-order chi connectivity index (χ1) is 9.29. The van der Waals surface area contributed by atoms with Crippen molar-refractivity contribution in [2.75, 3.05) is 6.54 Å². The number of rotatable bonds is 5. The first-order valence-electron chi connectivity index (χ1n) is 6.71. The molecule has 5 heteroatoms. The van der Waals surface area contributed by atoms with Crippen molar-refractivity contribution >= 4 is 22.7 Å². The Hall–Kier alpha value is -0.750. The van der Waals surface area contributed by atoms with E-state index in [2.05, 4.69) is 36.5 Å². The van der Waals surface area contributed by atoms with Crippen LogP contribution in [0.4, 0.5) is 0 Å². The van der Waals surface area contributed by atoms with E-state index >= 15 is 0 Å². The molecular formula is C15H22N2OS2. The van der Waals surface area contributed by atoms with Gasteiger partial charge in [-0.05, 0) is 18.4 Å². The molecule has 0 amide bonds. The summed E-state index contributed by atoms with van der Waals surface area (Å²) >= 11 is 3.28.